The molecule has 13 heteroatoms. The van der Waals surface area contributed by atoms with E-state index in [1.165, 1.54) is 6.92 Å². The molecule has 1 aromatic rings. The van der Waals surface area contributed by atoms with E-state index in [4.69, 9.17) is 26.1 Å². The molecule has 1 aromatic heterocycles. The largest absolute Gasteiger partial charge is 0.480 e. The van der Waals surface area contributed by atoms with Gasteiger partial charge >= 0.3 is 12.0 Å². The molecule has 1 rings (SSSR count). The summed E-state index contributed by atoms with van der Waals surface area (Å²) in [4.78, 5) is 33.8. The maximum Gasteiger partial charge on any atom is 0.328 e. The topological polar surface area (TPSA) is 227 Å². The van der Waals surface area contributed by atoms with Crippen molar-refractivity contribution in [2.45, 2.75) is 37.6 Å². The van der Waals surface area contributed by atoms with Crippen LogP contribution in [0.3, 0.4) is 0 Å². The van der Waals surface area contributed by atoms with Crippen LogP contribution in [0, 0.1) is 0 Å². The van der Waals surface area contributed by atoms with Gasteiger partial charge in [0, 0.05) is 0 Å². The van der Waals surface area contributed by atoms with Crippen LogP contribution in [0.2, 0.25) is 0 Å². The van der Waals surface area contributed by atoms with Gasteiger partial charge in [-0.25, -0.2) is 9.59 Å². The van der Waals surface area contributed by atoms with Crippen molar-refractivity contribution in [3.63, 3.8) is 0 Å². The van der Waals surface area contributed by atoms with E-state index in [9.17, 15) is 19.5 Å². The highest BCUT2D eigenvalue weighted by Gasteiger charge is 2.27. The zero-order valence-corrected chi connectivity index (χ0v) is 13.2. The van der Waals surface area contributed by atoms with Crippen LogP contribution in [0.1, 0.15) is 37.2 Å². The van der Waals surface area contributed by atoms with Gasteiger partial charge in [-0.05, 0) is 6.92 Å². The van der Waals surface area contributed by atoms with Gasteiger partial charge in [0.1, 0.15) is 12.1 Å². The quantitative estimate of drug-likeness (QED) is 0.238. The zero-order chi connectivity index (χ0) is 19.1. The highest BCUT2D eigenvalue weighted by atomic mass is 16.4. The first-order valence-corrected chi connectivity index (χ1v) is 7.11. The average Bonchev–Trinajstić information content (AvgIpc) is 3.00. The molecule has 0 aliphatic carbocycles. The van der Waals surface area contributed by atoms with Crippen molar-refractivity contribution in [3.8, 4) is 0 Å². The van der Waals surface area contributed by atoms with Crippen LogP contribution in [0.25, 0.3) is 0 Å². The number of aliphatic hydroxyl groups excluding tert-OH is 2. The molecule has 0 fully saturated rings. The van der Waals surface area contributed by atoms with Crippen molar-refractivity contribution in [1.29, 1.82) is 0 Å². The van der Waals surface area contributed by atoms with E-state index in [0.717, 1.165) is 0 Å². The summed E-state index contributed by atoms with van der Waals surface area (Å²) in [7, 11) is 0. The number of hydrogen-bond donors (Lipinski definition) is 7. The molecule has 0 aliphatic heterocycles. The van der Waals surface area contributed by atoms with Crippen LogP contribution in [0.15, 0.2) is 4.42 Å². The van der Waals surface area contributed by atoms with Gasteiger partial charge in [-0.1, -0.05) is 0 Å². The number of rotatable bonds is 9. The Morgan fingerprint density at radius 3 is 2.32 bits per heavy atom. The van der Waals surface area contributed by atoms with Crippen LogP contribution in [-0.2, 0) is 9.59 Å². The monoisotopic (exact) mass is 360 g/mol. The molecule has 140 valence electrons. The number of nitrogens with one attached hydrogen (secondary N) is 2. The molecule has 0 aliphatic rings. The van der Waals surface area contributed by atoms with Gasteiger partial charge in [-0.15, -0.1) is 10.2 Å². The highest BCUT2D eigenvalue weighted by molar-refractivity contribution is 5.83. The minimum atomic E-state index is -1.55. The van der Waals surface area contributed by atoms with Gasteiger partial charge in [0.2, 0.25) is 17.7 Å². The Labute approximate surface area is 141 Å². The molecule has 25 heavy (non-hydrogen) atoms. The van der Waals surface area contributed by atoms with Crippen LogP contribution in [0.5, 0.6) is 0 Å². The number of amides is 3. The summed E-state index contributed by atoms with van der Waals surface area (Å²) < 4.78 is 5.23. The molecule has 1 unspecified atom stereocenters. The van der Waals surface area contributed by atoms with Crippen molar-refractivity contribution < 1.29 is 34.1 Å². The van der Waals surface area contributed by atoms with E-state index in [2.05, 4.69) is 15.5 Å². The lowest BCUT2D eigenvalue weighted by atomic mass is 10.2. The third-order valence-corrected chi connectivity index (χ3v) is 3.06. The number of aliphatic hydroxyl groups is 2. The fourth-order valence-corrected chi connectivity index (χ4v) is 1.67. The standard InChI is InChI=1S/C12H20N6O7/c1-4(20)8(14)10-18-17-9(25-10)5(2-7(13)21)15-12(24)16-6(3-19)11(22)23/h4-6,8,19-20H,2-3,14H2,1H3,(H2,13,21)(H,22,23)(H2,15,16,24)/t4?,5-,6-,8-/m0/s1. The molecule has 0 spiro atoms. The van der Waals surface area contributed by atoms with Crippen molar-refractivity contribution >= 4 is 17.9 Å². The third-order valence-electron chi connectivity index (χ3n) is 3.06. The first-order valence-electron chi connectivity index (χ1n) is 7.11. The number of carboxylic acids is 1. The van der Waals surface area contributed by atoms with Crippen LogP contribution in [-0.4, -0.2) is 62.2 Å². The second kappa shape index (κ2) is 8.91. The van der Waals surface area contributed by atoms with E-state index in [1.807, 2.05) is 5.32 Å². The van der Waals surface area contributed by atoms with Gasteiger partial charge in [0.25, 0.3) is 0 Å². The second-order valence-electron chi connectivity index (χ2n) is 5.16. The fraction of sp³-hybridized carbons (Fsp3) is 0.583. The van der Waals surface area contributed by atoms with Gasteiger partial charge < -0.3 is 41.8 Å². The summed E-state index contributed by atoms with van der Waals surface area (Å²) in [5.74, 6) is -2.59. The molecule has 1 heterocycles. The second-order valence-corrected chi connectivity index (χ2v) is 5.16. The Balaban J connectivity index is 2.89. The minimum absolute atomic E-state index is 0.125. The van der Waals surface area contributed by atoms with Gasteiger partial charge in [0.05, 0.1) is 19.1 Å². The van der Waals surface area contributed by atoms with Gasteiger partial charge in [0.15, 0.2) is 6.04 Å². The van der Waals surface area contributed by atoms with Gasteiger partial charge in [-0.2, -0.15) is 0 Å². The molecule has 0 radical (unpaired) electrons. The molecule has 0 bridgehead atoms. The minimum Gasteiger partial charge on any atom is -0.480 e. The van der Waals surface area contributed by atoms with E-state index < -0.39 is 55.2 Å². The number of carbonyl (C=O) groups excluding carboxylic acids is 2. The number of urea groups is 1. The lowest BCUT2D eigenvalue weighted by molar-refractivity contribution is -0.140. The highest BCUT2D eigenvalue weighted by Crippen LogP contribution is 2.19. The smallest absolute Gasteiger partial charge is 0.328 e. The van der Waals surface area contributed by atoms with Gasteiger partial charge in [-0.3, -0.25) is 4.79 Å². The zero-order valence-electron chi connectivity index (χ0n) is 13.2. The van der Waals surface area contributed by atoms with Crippen molar-refractivity contribution in [3.05, 3.63) is 11.8 Å². The average molecular weight is 360 g/mol. The number of nitrogens with zero attached hydrogens (tertiary/aromatic N) is 2. The number of primary amides is 1. The predicted octanol–water partition coefficient (Wildman–Crippen LogP) is -2.89. The number of aromatic nitrogens is 2. The number of aliphatic carboxylic acids is 1. The number of hydrogen-bond acceptors (Lipinski definition) is 9. The Hall–Kier alpha value is -2.77. The molecular weight excluding hydrogens is 340 g/mol. The number of carboxylic acid groups (broad SMARTS) is 1. The van der Waals surface area contributed by atoms with Crippen LogP contribution in [0.4, 0.5) is 4.79 Å². The van der Waals surface area contributed by atoms with Crippen LogP contribution < -0.4 is 22.1 Å². The van der Waals surface area contributed by atoms with Crippen molar-refractivity contribution in [2.24, 2.45) is 11.5 Å². The fourth-order valence-electron chi connectivity index (χ4n) is 1.67. The lowest BCUT2D eigenvalue weighted by Crippen LogP contribution is -2.49. The van der Waals surface area contributed by atoms with E-state index in [-0.39, 0.29) is 11.8 Å². The summed E-state index contributed by atoms with van der Waals surface area (Å²) in [6.07, 6.45) is -1.41. The van der Waals surface area contributed by atoms with Crippen LogP contribution >= 0.6 is 0 Å². The molecule has 4 atom stereocenters. The molecule has 9 N–H and O–H groups in total. The lowest BCUT2D eigenvalue weighted by Gasteiger charge is -2.17. The predicted molar refractivity (Wildman–Crippen MR) is 79.6 cm³/mol. The summed E-state index contributed by atoms with van der Waals surface area (Å²) in [5, 5.41) is 38.5. The summed E-state index contributed by atoms with van der Waals surface area (Å²) in [6.45, 7) is 0.569. The molecular formula is C12H20N6O7. The molecule has 0 aromatic carbocycles. The molecule has 13 nitrogen and oxygen atoms in total. The number of nitrogens with two attached hydrogens (primary N) is 2. The number of carbonyl (C=O) groups is 3. The maximum atomic E-state index is 11.8. The maximum absolute atomic E-state index is 11.8. The summed E-state index contributed by atoms with van der Waals surface area (Å²) in [5.41, 5.74) is 10.7. The molecule has 0 saturated carbocycles. The van der Waals surface area contributed by atoms with E-state index in [1.54, 1.807) is 0 Å². The Morgan fingerprint density at radius 2 is 1.84 bits per heavy atom. The van der Waals surface area contributed by atoms with E-state index in [0.29, 0.717) is 0 Å². The Morgan fingerprint density at radius 1 is 1.24 bits per heavy atom. The Bertz CT molecular complexity index is 619. The first kappa shape index (κ1) is 20.3. The third kappa shape index (κ3) is 5.98. The Kier molecular flexibility index (Phi) is 7.22. The molecule has 0 saturated heterocycles. The SMILES string of the molecule is CC(O)[C@H](N)c1nnc([C@H](CC(N)=O)NC(=O)N[C@@H](CO)C(=O)O)o1. The van der Waals surface area contributed by atoms with Crippen molar-refractivity contribution in [2.75, 3.05) is 6.61 Å². The van der Waals surface area contributed by atoms with E-state index >= 15 is 0 Å². The normalized spacial score (nSPS) is 15.7. The summed E-state index contributed by atoms with van der Waals surface area (Å²) >= 11 is 0. The van der Waals surface area contributed by atoms with Crippen molar-refractivity contribution in [1.82, 2.24) is 20.8 Å². The molecule has 3 amide bonds. The first-order chi connectivity index (χ1) is 11.6. The summed E-state index contributed by atoms with van der Waals surface area (Å²) in [6, 6.07) is -4.69.